The van der Waals surface area contributed by atoms with E-state index < -0.39 is 0 Å². The van der Waals surface area contributed by atoms with Gasteiger partial charge in [0.15, 0.2) is 0 Å². The molecular weight excluding hydrogens is 366 g/mol. The number of rotatable bonds is 0. The molecule has 0 amide bonds. The van der Waals surface area contributed by atoms with Crippen molar-refractivity contribution >= 4 is 49.2 Å². The van der Waals surface area contributed by atoms with E-state index in [1.807, 2.05) is 32.2 Å². The van der Waals surface area contributed by atoms with Gasteiger partial charge in [0.05, 0.1) is 11.2 Å². The van der Waals surface area contributed by atoms with Gasteiger partial charge < -0.3 is 15.7 Å². The van der Waals surface area contributed by atoms with E-state index in [1.165, 1.54) is 38.1 Å². The fraction of sp³-hybridized carbons (Fsp3) is 0.111. The highest BCUT2D eigenvalue weighted by molar-refractivity contribution is 6.09. The summed E-state index contributed by atoms with van der Waals surface area (Å²) in [5.74, 6) is 0. The summed E-state index contributed by atoms with van der Waals surface area (Å²) in [4.78, 5) is 6.62. The zero-order chi connectivity index (χ0) is 21.1. The van der Waals surface area contributed by atoms with Crippen molar-refractivity contribution in [3.8, 4) is 0 Å². The number of benzene rings is 4. The molecule has 2 aromatic heterocycles. The van der Waals surface area contributed by atoms with Crippen molar-refractivity contribution in [3.63, 3.8) is 0 Å². The SMILES string of the molecule is CC.Cc1ccc2c(c1)[nH]c1ccccc12.Nc1c[nH]c2c1ccc1ccccc12. The molecule has 0 aliphatic rings. The van der Waals surface area contributed by atoms with Gasteiger partial charge in [-0.25, -0.2) is 0 Å². The number of nitrogen functional groups attached to an aromatic ring is 1. The van der Waals surface area contributed by atoms with Gasteiger partial charge in [-0.05, 0) is 30.0 Å². The number of nitrogens with two attached hydrogens (primary N) is 1. The number of anilines is 1. The second kappa shape index (κ2) is 8.34. The van der Waals surface area contributed by atoms with E-state index in [2.05, 4.69) is 83.6 Å². The van der Waals surface area contributed by atoms with Crippen LogP contribution in [0.25, 0.3) is 43.5 Å². The van der Waals surface area contributed by atoms with Crippen molar-refractivity contribution in [1.29, 1.82) is 0 Å². The second-order valence-electron chi connectivity index (χ2n) is 7.17. The fourth-order valence-electron chi connectivity index (χ4n) is 3.86. The summed E-state index contributed by atoms with van der Waals surface area (Å²) in [5.41, 5.74) is 11.5. The maximum Gasteiger partial charge on any atom is 0.0572 e. The minimum absolute atomic E-state index is 0.811. The first-order valence-corrected chi connectivity index (χ1v) is 10.4. The summed E-state index contributed by atoms with van der Waals surface area (Å²) in [6, 6.07) is 27.4. The highest BCUT2D eigenvalue weighted by atomic mass is 14.7. The number of hydrogen-bond donors (Lipinski definition) is 3. The predicted octanol–water partition coefficient (Wildman–Crippen LogP) is 7.56. The van der Waals surface area contributed by atoms with Gasteiger partial charge in [-0.3, -0.25) is 0 Å². The van der Waals surface area contributed by atoms with Crippen LogP contribution in [0.15, 0.2) is 85.1 Å². The number of fused-ring (bicyclic) bond motifs is 6. The van der Waals surface area contributed by atoms with Crippen LogP contribution in [0, 0.1) is 6.92 Å². The van der Waals surface area contributed by atoms with Gasteiger partial charge in [-0.15, -0.1) is 0 Å². The van der Waals surface area contributed by atoms with Crippen LogP contribution in [0.3, 0.4) is 0 Å². The summed E-state index contributed by atoms with van der Waals surface area (Å²) in [7, 11) is 0. The molecule has 0 saturated carbocycles. The minimum atomic E-state index is 0.811. The van der Waals surface area contributed by atoms with Crippen LogP contribution >= 0.6 is 0 Å². The zero-order valence-corrected chi connectivity index (χ0v) is 17.7. The average Bonchev–Trinajstić information content (AvgIpc) is 3.35. The van der Waals surface area contributed by atoms with Crippen LogP contribution in [0.1, 0.15) is 19.4 Å². The van der Waals surface area contributed by atoms with Crippen molar-refractivity contribution in [1.82, 2.24) is 9.97 Å². The summed E-state index contributed by atoms with van der Waals surface area (Å²) in [6.07, 6.45) is 1.84. The van der Waals surface area contributed by atoms with E-state index in [-0.39, 0.29) is 0 Å². The Balaban J connectivity index is 0.000000134. The lowest BCUT2D eigenvalue weighted by atomic mass is 10.1. The zero-order valence-electron chi connectivity index (χ0n) is 17.7. The van der Waals surface area contributed by atoms with Crippen LogP contribution in [0.2, 0.25) is 0 Å². The molecule has 4 aromatic carbocycles. The maximum absolute atomic E-state index is 5.84. The Labute approximate surface area is 176 Å². The van der Waals surface area contributed by atoms with Gasteiger partial charge in [0.2, 0.25) is 0 Å². The van der Waals surface area contributed by atoms with Crippen molar-refractivity contribution < 1.29 is 0 Å². The average molecular weight is 394 g/mol. The van der Waals surface area contributed by atoms with E-state index in [4.69, 9.17) is 5.73 Å². The number of aromatic nitrogens is 2. The van der Waals surface area contributed by atoms with Gasteiger partial charge in [0.25, 0.3) is 0 Å². The van der Waals surface area contributed by atoms with E-state index in [1.54, 1.807) is 0 Å². The number of nitrogens with one attached hydrogen (secondary N) is 2. The smallest absolute Gasteiger partial charge is 0.0572 e. The molecule has 30 heavy (non-hydrogen) atoms. The molecule has 2 heterocycles. The van der Waals surface area contributed by atoms with E-state index in [0.717, 1.165) is 16.6 Å². The molecule has 3 heteroatoms. The molecular formula is C27H27N3. The Morgan fingerprint density at radius 1 is 0.667 bits per heavy atom. The summed E-state index contributed by atoms with van der Waals surface area (Å²) < 4.78 is 0. The van der Waals surface area contributed by atoms with Gasteiger partial charge in [-0.2, -0.15) is 0 Å². The van der Waals surface area contributed by atoms with Crippen molar-refractivity contribution in [3.05, 3.63) is 90.6 Å². The predicted molar refractivity (Wildman–Crippen MR) is 132 cm³/mol. The van der Waals surface area contributed by atoms with Gasteiger partial charge in [0, 0.05) is 38.8 Å². The molecule has 0 saturated heterocycles. The molecule has 0 atom stereocenters. The summed E-state index contributed by atoms with van der Waals surface area (Å²) >= 11 is 0. The Morgan fingerprint density at radius 2 is 1.33 bits per heavy atom. The molecule has 0 fully saturated rings. The lowest BCUT2D eigenvalue weighted by Gasteiger charge is -1.98. The molecule has 4 N–H and O–H groups in total. The fourth-order valence-corrected chi connectivity index (χ4v) is 3.86. The highest BCUT2D eigenvalue weighted by Crippen LogP contribution is 2.28. The lowest BCUT2D eigenvalue weighted by molar-refractivity contribution is 1.47. The largest absolute Gasteiger partial charge is 0.397 e. The molecule has 6 aromatic rings. The Hall–Kier alpha value is -3.72. The number of aromatic amines is 2. The van der Waals surface area contributed by atoms with Crippen LogP contribution in [-0.2, 0) is 0 Å². The van der Waals surface area contributed by atoms with Crippen LogP contribution in [0.4, 0.5) is 5.69 Å². The summed E-state index contributed by atoms with van der Waals surface area (Å²) in [6.45, 7) is 6.12. The topological polar surface area (TPSA) is 57.6 Å². The van der Waals surface area contributed by atoms with E-state index in [0.29, 0.717) is 0 Å². The Bertz CT molecular complexity index is 1430. The van der Waals surface area contributed by atoms with Gasteiger partial charge in [-0.1, -0.05) is 80.6 Å². The second-order valence-corrected chi connectivity index (χ2v) is 7.17. The normalized spacial score (nSPS) is 10.6. The van der Waals surface area contributed by atoms with Crippen molar-refractivity contribution in [2.24, 2.45) is 0 Å². The quantitative estimate of drug-likeness (QED) is 0.245. The maximum atomic E-state index is 5.84. The van der Waals surface area contributed by atoms with Crippen LogP contribution in [-0.4, -0.2) is 9.97 Å². The number of para-hydroxylation sites is 1. The van der Waals surface area contributed by atoms with Gasteiger partial charge >= 0.3 is 0 Å². The first kappa shape index (κ1) is 19.6. The third-order valence-electron chi connectivity index (χ3n) is 5.27. The molecule has 0 spiro atoms. The van der Waals surface area contributed by atoms with E-state index >= 15 is 0 Å². The minimum Gasteiger partial charge on any atom is -0.397 e. The first-order chi connectivity index (χ1) is 14.7. The number of hydrogen-bond acceptors (Lipinski definition) is 1. The molecule has 150 valence electrons. The van der Waals surface area contributed by atoms with Gasteiger partial charge in [0.1, 0.15) is 0 Å². The molecule has 0 radical (unpaired) electrons. The van der Waals surface area contributed by atoms with E-state index in [9.17, 15) is 0 Å². The number of aryl methyl sites for hydroxylation is 1. The van der Waals surface area contributed by atoms with Crippen LogP contribution < -0.4 is 5.73 Å². The van der Waals surface area contributed by atoms with Crippen molar-refractivity contribution in [2.45, 2.75) is 20.8 Å². The molecule has 0 bridgehead atoms. The van der Waals surface area contributed by atoms with Crippen LogP contribution in [0.5, 0.6) is 0 Å². The Kier molecular flexibility index (Phi) is 5.44. The Morgan fingerprint density at radius 3 is 2.17 bits per heavy atom. The third kappa shape index (κ3) is 3.50. The monoisotopic (exact) mass is 393 g/mol. The molecule has 0 aliphatic carbocycles. The molecule has 6 rings (SSSR count). The number of H-pyrrole nitrogens is 2. The first-order valence-electron chi connectivity index (χ1n) is 10.4. The molecule has 0 aliphatic heterocycles. The lowest BCUT2D eigenvalue weighted by Crippen LogP contribution is -1.80. The molecule has 0 unspecified atom stereocenters. The van der Waals surface area contributed by atoms with Crippen molar-refractivity contribution in [2.75, 3.05) is 5.73 Å². The highest BCUT2D eigenvalue weighted by Gasteiger charge is 2.03. The summed E-state index contributed by atoms with van der Waals surface area (Å²) in [5, 5.41) is 6.18. The standard InChI is InChI=1S/C13H11N.C12H10N2.C2H6/c1-9-6-7-11-10-4-2-3-5-12(10)14-13(11)8-9;13-11-7-14-12-9-4-2-1-3-8(9)5-6-10(11)12;1-2/h2-8,14H,1H3;1-7,14H,13H2;1-2H3. The third-order valence-corrected chi connectivity index (χ3v) is 5.27. The molecule has 3 nitrogen and oxygen atoms in total.